The molecule has 19 heavy (non-hydrogen) atoms. The van der Waals surface area contributed by atoms with Gasteiger partial charge in [0.05, 0.1) is 11.4 Å². The smallest absolute Gasteiger partial charge is 0.264 e. The van der Waals surface area contributed by atoms with E-state index >= 15 is 0 Å². The van der Waals surface area contributed by atoms with Crippen molar-refractivity contribution in [2.24, 2.45) is 10.9 Å². The van der Waals surface area contributed by atoms with Crippen molar-refractivity contribution in [3.8, 4) is 0 Å². The average molecular weight is 254 g/mol. The van der Waals surface area contributed by atoms with Gasteiger partial charge >= 0.3 is 0 Å². The lowest BCUT2D eigenvalue weighted by Crippen LogP contribution is -2.25. The van der Waals surface area contributed by atoms with E-state index in [1.54, 1.807) is 0 Å². The monoisotopic (exact) mass is 254 g/mol. The minimum Gasteiger partial charge on any atom is -0.323 e. The van der Waals surface area contributed by atoms with Crippen LogP contribution in [0.5, 0.6) is 0 Å². The number of fused-ring (bicyclic) bond motifs is 1. The Morgan fingerprint density at radius 3 is 2.79 bits per heavy atom. The summed E-state index contributed by atoms with van der Waals surface area (Å²) >= 11 is 0. The Bertz CT molecular complexity index is 675. The fraction of sp³-hybridized carbons (Fsp3) is 0.214. The Labute approximate surface area is 110 Å². The van der Waals surface area contributed by atoms with E-state index < -0.39 is 0 Å². The van der Waals surface area contributed by atoms with Crippen LogP contribution in [0.15, 0.2) is 46.3 Å². The predicted molar refractivity (Wildman–Crippen MR) is 73.1 cm³/mol. The molecule has 1 aliphatic rings. The number of nitrogens with zero attached hydrogens (tertiary/aromatic N) is 2. The molecule has 0 bridgehead atoms. The number of H-pyrrole nitrogens is 1. The molecule has 1 atom stereocenters. The molecule has 5 nitrogen and oxygen atoms in total. The van der Waals surface area contributed by atoms with E-state index in [1.807, 2.05) is 18.2 Å². The van der Waals surface area contributed by atoms with Gasteiger partial charge in [0.25, 0.3) is 5.56 Å². The number of hydrogen-bond acceptors (Lipinski definition) is 4. The molecule has 2 aromatic rings. The lowest BCUT2D eigenvalue weighted by atomic mass is 9.81. The zero-order valence-electron chi connectivity index (χ0n) is 10.3. The summed E-state index contributed by atoms with van der Waals surface area (Å²) in [5.41, 5.74) is 3.39. The first-order valence-corrected chi connectivity index (χ1v) is 6.18. The molecule has 0 radical (unpaired) electrons. The summed E-state index contributed by atoms with van der Waals surface area (Å²) in [4.78, 5) is 11.3. The van der Waals surface area contributed by atoms with Gasteiger partial charge in [-0.1, -0.05) is 30.3 Å². The molecule has 3 N–H and O–H groups in total. The molecule has 0 fully saturated rings. The van der Waals surface area contributed by atoms with Crippen molar-refractivity contribution in [3.05, 3.63) is 63.6 Å². The van der Waals surface area contributed by atoms with Crippen LogP contribution < -0.4 is 11.4 Å². The maximum absolute atomic E-state index is 11.3. The summed E-state index contributed by atoms with van der Waals surface area (Å²) in [6.45, 7) is 0. The lowest BCUT2D eigenvalue weighted by Gasteiger charge is -2.24. The summed E-state index contributed by atoms with van der Waals surface area (Å²) in [6, 6.07) is 11.7. The van der Waals surface area contributed by atoms with Crippen LogP contribution in [-0.2, 0) is 6.42 Å². The van der Waals surface area contributed by atoms with Gasteiger partial charge < -0.3 is 5.84 Å². The molecular weight excluding hydrogens is 240 g/mol. The maximum atomic E-state index is 11.3. The summed E-state index contributed by atoms with van der Waals surface area (Å²) in [7, 11) is 0. The second kappa shape index (κ2) is 4.68. The fourth-order valence-electron chi connectivity index (χ4n) is 2.57. The van der Waals surface area contributed by atoms with E-state index in [0.717, 1.165) is 29.8 Å². The largest absolute Gasteiger partial charge is 0.323 e. The molecule has 1 aromatic carbocycles. The number of nitrogens with one attached hydrogen (secondary N) is 1. The molecule has 0 spiro atoms. The zero-order valence-corrected chi connectivity index (χ0v) is 10.3. The molecule has 96 valence electrons. The van der Waals surface area contributed by atoms with Crippen molar-refractivity contribution >= 4 is 5.71 Å². The number of hydrogen-bond donors (Lipinski definition) is 2. The van der Waals surface area contributed by atoms with E-state index in [4.69, 9.17) is 5.84 Å². The molecule has 0 aliphatic heterocycles. The lowest BCUT2D eigenvalue weighted by molar-refractivity contribution is 0.665. The second-order valence-electron chi connectivity index (χ2n) is 4.68. The van der Waals surface area contributed by atoms with Crippen molar-refractivity contribution in [2.45, 2.75) is 18.8 Å². The van der Waals surface area contributed by atoms with E-state index in [2.05, 4.69) is 27.4 Å². The Balaban J connectivity index is 2.04. The number of nitrogens with two attached hydrogens (primary N) is 1. The summed E-state index contributed by atoms with van der Waals surface area (Å²) in [6.07, 6.45) is 1.52. The van der Waals surface area contributed by atoms with Gasteiger partial charge in [0, 0.05) is 11.6 Å². The van der Waals surface area contributed by atoms with Crippen LogP contribution in [0.25, 0.3) is 0 Å². The number of benzene rings is 1. The number of hydrazone groups is 1. The predicted octanol–water partition coefficient (Wildman–Crippen LogP) is 1.16. The fourth-order valence-corrected chi connectivity index (χ4v) is 2.57. The molecule has 1 aromatic heterocycles. The third kappa shape index (κ3) is 2.14. The summed E-state index contributed by atoms with van der Waals surface area (Å²) < 4.78 is 0. The summed E-state index contributed by atoms with van der Waals surface area (Å²) in [5, 5.41) is 10.4. The Morgan fingerprint density at radius 1 is 1.26 bits per heavy atom. The van der Waals surface area contributed by atoms with Crippen LogP contribution in [0.4, 0.5) is 0 Å². The highest BCUT2D eigenvalue weighted by molar-refractivity contribution is 6.02. The van der Waals surface area contributed by atoms with Crippen LogP contribution in [0.1, 0.15) is 29.2 Å². The normalized spacial score (nSPS) is 20.2. The molecular formula is C14H14N4O. The summed E-state index contributed by atoms with van der Waals surface area (Å²) in [5.74, 6) is 5.76. The van der Waals surface area contributed by atoms with E-state index in [9.17, 15) is 4.79 Å². The highest BCUT2D eigenvalue weighted by Crippen LogP contribution is 2.30. The number of aromatic nitrogens is 2. The minimum atomic E-state index is -0.224. The quantitative estimate of drug-likeness (QED) is 0.591. The second-order valence-corrected chi connectivity index (χ2v) is 4.68. The number of aromatic amines is 1. The van der Waals surface area contributed by atoms with Gasteiger partial charge in [0.1, 0.15) is 0 Å². The Morgan fingerprint density at radius 2 is 2.05 bits per heavy atom. The topological polar surface area (TPSA) is 84.1 Å². The first-order valence-electron chi connectivity index (χ1n) is 6.18. The molecule has 0 saturated carbocycles. The van der Waals surface area contributed by atoms with Gasteiger partial charge in [-0.2, -0.15) is 10.2 Å². The Kier molecular flexibility index (Phi) is 2.87. The zero-order chi connectivity index (χ0) is 13.2. The Hall–Kier alpha value is -2.43. The first-order chi connectivity index (χ1) is 9.28. The molecule has 1 aliphatic carbocycles. The van der Waals surface area contributed by atoms with Crippen molar-refractivity contribution in [1.29, 1.82) is 0 Å². The maximum Gasteiger partial charge on any atom is 0.264 e. The average Bonchev–Trinajstić information content (AvgIpc) is 2.47. The van der Waals surface area contributed by atoms with Gasteiger partial charge in [-0.05, 0) is 24.3 Å². The van der Waals surface area contributed by atoms with Gasteiger partial charge in [-0.25, -0.2) is 5.10 Å². The molecule has 0 saturated heterocycles. The van der Waals surface area contributed by atoms with E-state index in [1.165, 1.54) is 11.6 Å². The standard InChI is InChI=1S/C14H14N4O/c15-16-12-6-10(9-4-2-1-3-5-9)7-13-11(12)8-14(19)18-17-13/h1-5,8,10H,6-7,15H2,(H,18,19)/b16-12-/t10-/m0/s1. The SMILES string of the molecule is N/N=C1/C[C@H](c2ccccc2)Cc2n[nH]c(=O)cc21. The van der Waals surface area contributed by atoms with Crippen molar-refractivity contribution in [1.82, 2.24) is 10.2 Å². The van der Waals surface area contributed by atoms with Crippen molar-refractivity contribution < 1.29 is 0 Å². The van der Waals surface area contributed by atoms with Crippen LogP contribution >= 0.6 is 0 Å². The molecule has 0 amide bonds. The highest BCUT2D eigenvalue weighted by Gasteiger charge is 2.26. The van der Waals surface area contributed by atoms with Gasteiger partial charge in [0.15, 0.2) is 0 Å². The third-order valence-electron chi connectivity index (χ3n) is 3.50. The van der Waals surface area contributed by atoms with Gasteiger partial charge in [0.2, 0.25) is 0 Å². The van der Waals surface area contributed by atoms with Gasteiger partial charge in [-0.15, -0.1) is 0 Å². The van der Waals surface area contributed by atoms with Crippen molar-refractivity contribution in [3.63, 3.8) is 0 Å². The van der Waals surface area contributed by atoms with Crippen LogP contribution in [-0.4, -0.2) is 15.9 Å². The molecule has 1 heterocycles. The van der Waals surface area contributed by atoms with E-state index in [0.29, 0.717) is 5.92 Å². The van der Waals surface area contributed by atoms with Crippen molar-refractivity contribution in [2.75, 3.05) is 0 Å². The third-order valence-corrected chi connectivity index (χ3v) is 3.50. The van der Waals surface area contributed by atoms with Crippen LogP contribution in [0.3, 0.4) is 0 Å². The van der Waals surface area contributed by atoms with E-state index in [-0.39, 0.29) is 5.56 Å². The first kappa shape index (κ1) is 11.6. The number of rotatable bonds is 1. The van der Waals surface area contributed by atoms with Crippen LogP contribution in [0.2, 0.25) is 0 Å². The van der Waals surface area contributed by atoms with Gasteiger partial charge in [-0.3, -0.25) is 4.79 Å². The minimum absolute atomic E-state index is 0.224. The van der Waals surface area contributed by atoms with Crippen LogP contribution in [0, 0.1) is 0 Å². The molecule has 0 unspecified atom stereocenters. The molecule has 5 heteroatoms. The highest BCUT2D eigenvalue weighted by atomic mass is 16.1. The molecule has 3 rings (SSSR count).